The zero-order chi connectivity index (χ0) is 14.1. The molecule has 0 radical (unpaired) electrons. The Labute approximate surface area is 120 Å². The summed E-state index contributed by atoms with van der Waals surface area (Å²) in [5, 5.41) is 12.7. The van der Waals surface area contributed by atoms with Gasteiger partial charge >= 0.3 is 0 Å². The number of hydrogen-bond acceptors (Lipinski definition) is 4. The number of aliphatic hydroxyl groups is 1. The van der Waals surface area contributed by atoms with Crippen molar-refractivity contribution < 1.29 is 9.84 Å². The van der Waals surface area contributed by atoms with Gasteiger partial charge in [0, 0.05) is 29.7 Å². The maximum absolute atomic E-state index is 8.93. The molecule has 0 aliphatic heterocycles. The molecular formula is C15H25NO2S. The Morgan fingerprint density at radius 2 is 2.21 bits per heavy atom. The van der Waals surface area contributed by atoms with Crippen LogP contribution in [0, 0.1) is 0 Å². The predicted octanol–water partition coefficient (Wildman–Crippen LogP) is 2.81. The fraction of sp³-hybridized carbons (Fsp3) is 0.600. The van der Waals surface area contributed by atoms with Crippen molar-refractivity contribution in [3.63, 3.8) is 0 Å². The van der Waals surface area contributed by atoms with Crippen LogP contribution in [0.1, 0.15) is 31.4 Å². The summed E-state index contributed by atoms with van der Waals surface area (Å²) in [6, 6.07) is 6.35. The van der Waals surface area contributed by atoms with Crippen molar-refractivity contribution >= 4 is 11.8 Å². The Bertz CT molecular complexity index is 371. The van der Waals surface area contributed by atoms with E-state index in [9.17, 15) is 0 Å². The SMILES string of the molecule is CCNCc1ccc(OC)c(CSC(C)CCO)c1. The number of aliphatic hydroxyl groups excluding tert-OH is 1. The van der Waals surface area contributed by atoms with E-state index in [1.165, 1.54) is 11.1 Å². The third-order valence-corrected chi connectivity index (χ3v) is 4.27. The van der Waals surface area contributed by atoms with Crippen LogP contribution >= 0.6 is 11.8 Å². The molecule has 1 aromatic rings. The van der Waals surface area contributed by atoms with Gasteiger partial charge in [-0.05, 0) is 30.7 Å². The van der Waals surface area contributed by atoms with E-state index in [1.54, 1.807) is 7.11 Å². The average molecular weight is 283 g/mol. The number of rotatable bonds is 9. The minimum atomic E-state index is 0.256. The van der Waals surface area contributed by atoms with E-state index in [-0.39, 0.29) is 6.61 Å². The first-order chi connectivity index (χ1) is 9.21. The van der Waals surface area contributed by atoms with E-state index in [4.69, 9.17) is 9.84 Å². The maximum atomic E-state index is 8.93. The summed E-state index contributed by atoms with van der Waals surface area (Å²) in [5.41, 5.74) is 2.51. The molecule has 19 heavy (non-hydrogen) atoms. The number of methoxy groups -OCH3 is 1. The molecule has 0 aliphatic rings. The van der Waals surface area contributed by atoms with Gasteiger partial charge in [-0.1, -0.05) is 19.9 Å². The molecule has 1 atom stereocenters. The fourth-order valence-electron chi connectivity index (χ4n) is 1.82. The fourth-order valence-corrected chi connectivity index (χ4v) is 2.78. The van der Waals surface area contributed by atoms with Crippen molar-refractivity contribution in [3.05, 3.63) is 29.3 Å². The third-order valence-electron chi connectivity index (χ3n) is 2.98. The molecule has 1 aromatic carbocycles. The van der Waals surface area contributed by atoms with Crippen LogP contribution in [-0.2, 0) is 12.3 Å². The van der Waals surface area contributed by atoms with Crippen molar-refractivity contribution in [2.75, 3.05) is 20.3 Å². The lowest BCUT2D eigenvalue weighted by Gasteiger charge is -2.13. The molecule has 0 heterocycles. The zero-order valence-corrected chi connectivity index (χ0v) is 12.9. The van der Waals surface area contributed by atoms with E-state index in [0.29, 0.717) is 5.25 Å². The molecule has 0 aliphatic carbocycles. The van der Waals surface area contributed by atoms with Crippen molar-refractivity contribution in [3.8, 4) is 5.75 Å². The van der Waals surface area contributed by atoms with Gasteiger partial charge in [-0.15, -0.1) is 0 Å². The van der Waals surface area contributed by atoms with Gasteiger partial charge in [-0.25, -0.2) is 0 Å². The second-order valence-electron chi connectivity index (χ2n) is 4.56. The molecule has 0 amide bonds. The summed E-state index contributed by atoms with van der Waals surface area (Å²) in [4.78, 5) is 0. The monoisotopic (exact) mass is 283 g/mol. The minimum Gasteiger partial charge on any atom is -0.496 e. The van der Waals surface area contributed by atoms with Crippen LogP contribution < -0.4 is 10.1 Å². The van der Waals surface area contributed by atoms with Crippen LogP contribution in [0.2, 0.25) is 0 Å². The summed E-state index contributed by atoms with van der Waals surface area (Å²) in [6.45, 7) is 6.38. The topological polar surface area (TPSA) is 41.5 Å². The van der Waals surface area contributed by atoms with Crippen LogP contribution in [0.4, 0.5) is 0 Å². The average Bonchev–Trinajstić information content (AvgIpc) is 2.43. The zero-order valence-electron chi connectivity index (χ0n) is 12.1. The van der Waals surface area contributed by atoms with E-state index in [1.807, 2.05) is 17.8 Å². The van der Waals surface area contributed by atoms with Gasteiger partial charge in [0.15, 0.2) is 0 Å². The normalized spacial score (nSPS) is 12.4. The van der Waals surface area contributed by atoms with E-state index in [2.05, 4.69) is 31.3 Å². The molecule has 0 bridgehead atoms. The lowest BCUT2D eigenvalue weighted by Crippen LogP contribution is -2.12. The minimum absolute atomic E-state index is 0.256. The smallest absolute Gasteiger partial charge is 0.122 e. The number of nitrogens with one attached hydrogen (secondary N) is 1. The molecule has 0 fully saturated rings. The lowest BCUT2D eigenvalue weighted by atomic mass is 10.1. The van der Waals surface area contributed by atoms with Gasteiger partial charge in [0.2, 0.25) is 0 Å². The van der Waals surface area contributed by atoms with E-state index >= 15 is 0 Å². The van der Waals surface area contributed by atoms with Crippen molar-refractivity contribution in [1.82, 2.24) is 5.32 Å². The second kappa shape index (κ2) is 9.23. The van der Waals surface area contributed by atoms with Gasteiger partial charge in [0.25, 0.3) is 0 Å². The number of thioether (sulfide) groups is 1. The molecule has 0 saturated carbocycles. The van der Waals surface area contributed by atoms with E-state index < -0.39 is 0 Å². The van der Waals surface area contributed by atoms with E-state index in [0.717, 1.165) is 31.0 Å². The number of hydrogen-bond donors (Lipinski definition) is 2. The molecule has 0 saturated heterocycles. The van der Waals surface area contributed by atoms with Crippen LogP contribution in [0.3, 0.4) is 0 Å². The molecule has 0 spiro atoms. The first-order valence-electron chi connectivity index (χ1n) is 6.80. The highest BCUT2D eigenvalue weighted by Gasteiger charge is 2.08. The largest absolute Gasteiger partial charge is 0.496 e. The number of benzene rings is 1. The third kappa shape index (κ3) is 5.85. The van der Waals surface area contributed by atoms with Crippen molar-refractivity contribution in [2.45, 2.75) is 37.8 Å². The number of ether oxygens (including phenoxy) is 1. The Morgan fingerprint density at radius 1 is 1.42 bits per heavy atom. The first kappa shape index (κ1) is 16.3. The predicted molar refractivity (Wildman–Crippen MR) is 82.8 cm³/mol. The van der Waals surface area contributed by atoms with Crippen molar-refractivity contribution in [1.29, 1.82) is 0 Å². The van der Waals surface area contributed by atoms with Crippen LogP contribution in [0.5, 0.6) is 5.75 Å². The molecule has 2 N–H and O–H groups in total. The molecule has 3 nitrogen and oxygen atoms in total. The first-order valence-corrected chi connectivity index (χ1v) is 7.85. The Hall–Kier alpha value is -0.710. The lowest BCUT2D eigenvalue weighted by molar-refractivity contribution is 0.289. The Kier molecular flexibility index (Phi) is 7.94. The molecule has 1 unspecified atom stereocenters. The van der Waals surface area contributed by atoms with Gasteiger partial charge in [-0.3, -0.25) is 0 Å². The van der Waals surface area contributed by atoms with Gasteiger partial charge < -0.3 is 15.2 Å². The summed E-state index contributed by atoms with van der Waals surface area (Å²) in [5.74, 6) is 1.87. The molecule has 0 aromatic heterocycles. The second-order valence-corrected chi connectivity index (χ2v) is 5.99. The summed E-state index contributed by atoms with van der Waals surface area (Å²) < 4.78 is 5.41. The van der Waals surface area contributed by atoms with Gasteiger partial charge in [0.05, 0.1) is 7.11 Å². The van der Waals surface area contributed by atoms with Crippen LogP contribution in [0.15, 0.2) is 18.2 Å². The standard InChI is InChI=1S/C15H25NO2S/c1-4-16-10-13-5-6-15(18-3)14(9-13)11-19-12(2)7-8-17/h5-6,9,12,16-17H,4,7-8,10-11H2,1-3H3. The van der Waals surface area contributed by atoms with Crippen LogP contribution in [0.25, 0.3) is 0 Å². The molecule has 1 rings (SSSR count). The maximum Gasteiger partial charge on any atom is 0.122 e. The Morgan fingerprint density at radius 3 is 2.84 bits per heavy atom. The molecule has 108 valence electrons. The quantitative estimate of drug-likeness (QED) is 0.731. The highest BCUT2D eigenvalue weighted by molar-refractivity contribution is 7.99. The summed E-state index contributed by atoms with van der Waals surface area (Å²) >= 11 is 1.86. The van der Waals surface area contributed by atoms with Gasteiger partial charge in [-0.2, -0.15) is 11.8 Å². The molecule has 4 heteroatoms. The van der Waals surface area contributed by atoms with Gasteiger partial charge in [0.1, 0.15) is 5.75 Å². The van der Waals surface area contributed by atoms with Crippen molar-refractivity contribution in [2.24, 2.45) is 0 Å². The summed E-state index contributed by atoms with van der Waals surface area (Å²) in [7, 11) is 1.71. The van der Waals surface area contributed by atoms with Crippen LogP contribution in [-0.4, -0.2) is 30.6 Å². The molecular weight excluding hydrogens is 258 g/mol. The summed E-state index contributed by atoms with van der Waals surface area (Å²) in [6.07, 6.45) is 0.837. The highest BCUT2D eigenvalue weighted by atomic mass is 32.2. The Balaban J connectivity index is 2.66. The highest BCUT2D eigenvalue weighted by Crippen LogP contribution is 2.27.